The van der Waals surface area contributed by atoms with Gasteiger partial charge in [-0.1, -0.05) is 6.92 Å². The Morgan fingerprint density at radius 3 is 2.50 bits per heavy atom. The smallest absolute Gasteiger partial charge is 0.308 e. The molecule has 1 atom stereocenters. The molecule has 0 heterocycles. The molecule has 0 amide bonds. The number of nitrogens with two attached hydrogens (primary N) is 1. The van der Waals surface area contributed by atoms with E-state index in [-0.39, 0.29) is 30.3 Å². The zero-order chi connectivity index (χ0) is 9.84. The lowest BCUT2D eigenvalue weighted by molar-refractivity contribution is -0.153. The highest BCUT2D eigenvalue weighted by atomic mass is 35.5. The number of hydrogen-bond donors (Lipinski definition) is 1. The first-order chi connectivity index (χ1) is 6.19. The molecule has 1 aliphatic carbocycles. The van der Waals surface area contributed by atoms with Crippen LogP contribution in [0, 0.1) is 11.8 Å². The fourth-order valence-corrected chi connectivity index (χ4v) is 1.80. The van der Waals surface area contributed by atoms with E-state index in [1.807, 2.05) is 6.92 Å². The highest BCUT2D eigenvalue weighted by Crippen LogP contribution is 2.36. The van der Waals surface area contributed by atoms with Crippen LogP contribution in [0.3, 0.4) is 0 Å². The average molecular weight is 222 g/mol. The van der Waals surface area contributed by atoms with Gasteiger partial charge in [0.05, 0.1) is 12.5 Å². The quantitative estimate of drug-likeness (QED) is 0.736. The highest BCUT2D eigenvalue weighted by molar-refractivity contribution is 5.85. The van der Waals surface area contributed by atoms with Gasteiger partial charge in [0, 0.05) is 6.04 Å². The van der Waals surface area contributed by atoms with E-state index >= 15 is 0 Å². The van der Waals surface area contributed by atoms with Crippen LogP contribution in [0.25, 0.3) is 0 Å². The van der Waals surface area contributed by atoms with Gasteiger partial charge in [-0.2, -0.15) is 0 Å². The maximum Gasteiger partial charge on any atom is 0.308 e. The summed E-state index contributed by atoms with van der Waals surface area (Å²) in [6, 6.07) is 0.269. The number of esters is 1. The fourth-order valence-electron chi connectivity index (χ4n) is 1.80. The molecule has 0 radical (unpaired) electrons. The Labute approximate surface area is 91.8 Å². The minimum atomic E-state index is -0.0398. The van der Waals surface area contributed by atoms with Gasteiger partial charge in [0.2, 0.25) is 0 Å². The summed E-state index contributed by atoms with van der Waals surface area (Å²) in [7, 11) is 0. The van der Waals surface area contributed by atoms with E-state index in [9.17, 15) is 4.79 Å². The number of ether oxygens (including phenoxy) is 1. The molecule has 0 spiro atoms. The summed E-state index contributed by atoms with van der Waals surface area (Å²) < 4.78 is 4.93. The van der Waals surface area contributed by atoms with Gasteiger partial charge in [-0.25, -0.2) is 0 Å². The molecule has 1 fully saturated rings. The second-order valence-corrected chi connectivity index (χ2v) is 3.75. The third-order valence-electron chi connectivity index (χ3n) is 2.87. The fraction of sp³-hybridized carbons (Fsp3) is 0.900. The Balaban J connectivity index is 0.00000169. The molecule has 0 saturated heterocycles. The van der Waals surface area contributed by atoms with Crippen LogP contribution in [0.5, 0.6) is 0 Å². The highest BCUT2D eigenvalue weighted by Gasteiger charge is 2.37. The van der Waals surface area contributed by atoms with Crippen LogP contribution in [0.15, 0.2) is 0 Å². The summed E-state index contributed by atoms with van der Waals surface area (Å²) in [5.41, 5.74) is 5.86. The first-order valence-corrected chi connectivity index (χ1v) is 5.11. The van der Waals surface area contributed by atoms with Gasteiger partial charge in [-0.3, -0.25) is 4.79 Å². The summed E-state index contributed by atoms with van der Waals surface area (Å²) in [6.45, 7) is 4.41. The average Bonchev–Trinajstić information content (AvgIpc) is 2.01. The maximum atomic E-state index is 11.2. The summed E-state index contributed by atoms with van der Waals surface area (Å²) >= 11 is 0. The predicted molar refractivity (Wildman–Crippen MR) is 58.4 cm³/mol. The molecule has 1 rings (SSSR count). The number of carbonyl (C=O) groups is 1. The topological polar surface area (TPSA) is 52.3 Å². The molecule has 2 N–H and O–H groups in total. The van der Waals surface area contributed by atoms with E-state index in [1.54, 1.807) is 0 Å². The Morgan fingerprint density at radius 1 is 1.50 bits per heavy atom. The molecule has 1 aliphatic rings. The van der Waals surface area contributed by atoms with Crippen molar-refractivity contribution in [1.82, 2.24) is 0 Å². The SMILES string of the molecule is CCOC(=O)C1CC(C(N)CC)C1.Cl. The molecule has 84 valence electrons. The first-order valence-electron chi connectivity index (χ1n) is 5.11. The normalized spacial score (nSPS) is 27.1. The van der Waals surface area contributed by atoms with E-state index in [4.69, 9.17) is 10.5 Å². The van der Waals surface area contributed by atoms with E-state index in [0.717, 1.165) is 19.3 Å². The Bertz CT molecular complexity index is 181. The lowest BCUT2D eigenvalue weighted by Gasteiger charge is -2.37. The van der Waals surface area contributed by atoms with Gasteiger partial charge in [0.1, 0.15) is 0 Å². The Hall–Kier alpha value is -0.280. The minimum Gasteiger partial charge on any atom is -0.466 e. The van der Waals surface area contributed by atoms with Gasteiger partial charge < -0.3 is 10.5 Å². The second kappa shape index (κ2) is 6.25. The van der Waals surface area contributed by atoms with Gasteiger partial charge in [0.15, 0.2) is 0 Å². The van der Waals surface area contributed by atoms with Crippen LogP contribution < -0.4 is 5.73 Å². The van der Waals surface area contributed by atoms with Crippen LogP contribution >= 0.6 is 12.4 Å². The van der Waals surface area contributed by atoms with Crippen molar-refractivity contribution >= 4 is 18.4 Å². The minimum absolute atomic E-state index is 0. The van der Waals surface area contributed by atoms with Crippen molar-refractivity contribution in [2.75, 3.05) is 6.61 Å². The number of carbonyl (C=O) groups excluding carboxylic acids is 1. The number of halogens is 1. The first kappa shape index (κ1) is 13.7. The third-order valence-corrected chi connectivity index (χ3v) is 2.87. The summed E-state index contributed by atoms with van der Waals surface area (Å²) in [4.78, 5) is 11.2. The zero-order valence-corrected chi connectivity index (χ0v) is 9.68. The molecule has 0 aromatic heterocycles. The van der Waals surface area contributed by atoms with Crippen molar-refractivity contribution in [3.8, 4) is 0 Å². The van der Waals surface area contributed by atoms with Gasteiger partial charge in [-0.05, 0) is 32.1 Å². The van der Waals surface area contributed by atoms with Gasteiger partial charge in [0.25, 0.3) is 0 Å². The summed E-state index contributed by atoms with van der Waals surface area (Å²) in [5.74, 6) is 0.629. The lowest BCUT2D eigenvalue weighted by Crippen LogP contribution is -2.42. The van der Waals surface area contributed by atoms with Crippen LogP contribution in [0.1, 0.15) is 33.1 Å². The summed E-state index contributed by atoms with van der Waals surface area (Å²) in [6.07, 6.45) is 2.85. The van der Waals surface area contributed by atoms with Crippen LogP contribution in [-0.2, 0) is 9.53 Å². The van der Waals surface area contributed by atoms with Gasteiger partial charge >= 0.3 is 5.97 Å². The molecule has 0 aliphatic heterocycles. The standard InChI is InChI=1S/C10H19NO2.ClH/c1-3-9(11)7-5-8(6-7)10(12)13-4-2;/h7-9H,3-6,11H2,1-2H3;1H. The van der Waals surface area contributed by atoms with Crippen molar-refractivity contribution < 1.29 is 9.53 Å². The van der Waals surface area contributed by atoms with E-state index < -0.39 is 0 Å². The number of hydrogen-bond acceptors (Lipinski definition) is 3. The Kier molecular flexibility index (Phi) is 6.12. The van der Waals surface area contributed by atoms with Gasteiger partial charge in [-0.15, -0.1) is 12.4 Å². The number of rotatable bonds is 4. The molecule has 1 unspecified atom stereocenters. The molecule has 3 nitrogen and oxygen atoms in total. The largest absolute Gasteiger partial charge is 0.466 e. The molecule has 1 saturated carbocycles. The van der Waals surface area contributed by atoms with Crippen LogP contribution in [-0.4, -0.2) is 18.6 Å². The monoisotopic (exact) mass is 221 g/mol. The Morgan fingerprint density at radius 2 is 2.07 bits per heavy atom. The molecule has 14 heavy (non-hydrogen) atoms. The molecule has 4 heteroatoms. The predicted octanol–water partition coefficient (Wildman–Crippen LogP) is 1.73. The zero-order valence-electron chi connectivity index (χ0n) is 8.86. The van der Waals surface area contributed by atoms with Crippen LogP contribution in [0.2, 0.25) is 0 Å². The van der Waals surface area contributed by atoms with E-state index in [0.29, 0.717) is 12.5 Å². The van der Waals surface area contributed by atoms with Crippen molar-refractivity contribution in [2.45, 2.75) is 39.2 Å². The van der Waals surface area contributed by atoms with Crippen molar-refractivity contribution in [1.29, 1.82) is 0 Å². The molecule has 0 aromatic carbocycles. The maximum absolute atomic E-state index is 11.2. The third kappa shape index (κ3) is 3.14. The molecular weight excluding hydrogens is 202 g/mol. The van der Waals surface area contributed by atoms with Crippen molar-refractivity contribution in [2.24, 2.45) is 17.6 Å². The molecule has 0 bridgehead atoms. The van der Waals surface area contributed by atoms with Crippen molar-refractivity contribution in [3.05, 3.63) is 0 Å². The molecule has 0 aromatic rings. The van der Waals surface area contributed by atoms with Crippen LogP contribution in [0.4, 0.5) is 0 Å². The van der Waals surface area contributed by atoms with E-state index in [2.05, 4.69) is 6.92 Å². The summed E-state index contributed by atoms with van der Waals surface area (Å²) in [5, 5.41) is 0. The lowest BCUT2D eigenvalue weighted by atomic mass is 9.71. The van der Waals surface area contributed by atoms with E-state index in [1.165, 1.54) is 0 Å². The van der Waals surface area contributed by atoms with Crippen molar-refractivity contribution in [3.63, 3.8) is 0 Å². The second-order valence-electron chi connectivity index (χ2n) is 3.75. The molecular formula is C10H20ClNO2.